The standard InChI is InChI=1S/C28H23ClN4O3S/c1-28(2,3)17-6-9-19(10-7-17)33-26(36)23(14-16-4-11-20(34)12-5-16)37-27(33)32-31-24-21-15-18(29)8-13-22(21)30-25(24)35/h4-15,34H,1-3H3,(H,30,31,35). The highest BCUT2D eigenvalue weighted by Gasteiger charge is 2.35. The van der Waals surface area contributed by atoms with Gasteiger partial charge in [0.15, 0.2) is 5.71 Å². The summed E-state index contributed by atoms with van der Waals surface area (Å²) < 4.78 is 0. The second-order valence-electron chi connectivity index (χ2n) is 9.61. The summed E-state index contributed by atoms with van der Waals surface area (Å²) in [4.78, 5) is 28.0. The Morgan fingerprint density at radius 2 is 1.68 bits per heavy atom. The summed E-state index contributed by atoms with van der Waals surface area (Å²) in [5.41, 5.74) is 3.76. The minimum atomic E-state index is -0.392. The van der Waals surface area contributed by atoms with Crippen molar-refractivity contribution in [2.75, 3.05) is 10.2 Å². The van der Waals surface area contributed by atoms with Gasteiger partial charge in [-0.25, -0.2) is 0 Å². The number of rotatable bonds is 3. The van der Waals surface area contributed by atoms with Gasteiger partial charge in [0.1, 0.15) is 5.75 Å². The van der Waals surface area contributed by atoms with Gasteiger partial charge in [0.2, 0.25) is 5.17 Å². The number of hydrogen-bond donors (Lipinski definition) is 2. The number of phenols is 1. The molecule has 0 aromatic heterocycles. The first-order valence-electron chi connectivity index (χ1n) is 11.5. The fraction of sp³-hybridized carbons (Fsp3) is 0.143. The van der Waals surface area contributed by atoms with Gasteiger partial charge in [-0.15, -0.1) is 10.2 Å². The van der Waals surface area contributed by atoms with Gasteiger partial charge in [-0.2, -0.15) is 0 Å². The first-order chi connectivity index (χ1) is 17.6. The Bertz CT molecular complexity index is 1500. The number of thioether (sulfide) groups is 1. The van der Waals surface area contributed by atoms with Crippen LogP contribution in [-0.2, 0) is 15.0 Å². The summed E-state index contributed by atoms with van der Waals surface area (Å²) in [6.45, 7) is 6.37. The maximum absolute atomic E-state index is 13.5. The number of carbonyl (C=O) groups is 2. The number of amides is 2. The Morgan fingerprint density at radius 1 is 0.973 bits per heavy atom. The summed E-state index contributed by atoms with van der Waals surface area (Å²) in [7, 11) is 0. The number of nitrogens with zero attached hydrogens (tertiary/aromatic N) is 3. The zero-order chi connectivity index (χ0) is 26.3. The van der Waals surface area contributed by atoms with E-state index in [0.717, 1.165) is 22.9 Å². The Labute approximate surface area is 223 Å². The number of aromatic hydroxyl groups is 1. The smallest absolute Gasteiger partial charge is 0.276 e. The van der Waals surface area contributed by atoms with Gasteiger partial charge in [0, 0.05) is 10.6 Å². The zero-order valence-electron chi connectivity index (χ0n) is 20.3. The largest absolute Gasteiger partial charge is 0.508 e. The number of benzene rings is 3. The third-order valence-electron chi connectivity index (χ3n) is 5.92. The number of amidine groups is 1. The van der Waals surface area contributed by atoms with E-state index in [1.165, 1.54) is 4.90 Å². The topological polar surface area (TPSA) is 94.4 Å². The summed E-state index contributed by atoms with van der Waals surface area (Å²) in [5.74, 6) is -0.516. The van der Waals surface area contributed by atoms with Crippen molar-refractivity contribution >= 4 is 63.5 Å². The molecule has 0 radical (unpaired) electrons. The average molecular weight is 531 g/mol. The van der Waals surface area contributed by atoms with E-state index in [0.29, 0.717) is 32.0 Å². The summed E-state index contributed by atoms with van der Waals surface area (Å²) in [5, 5.41) is 21.7. The average Bonchev–Trinajstić information content (AvgIpc) is 3.33. The van der Waals surface area contributed by atoms with E-state index in [1.54, 1.807) is 48.5 Å². The Kier molecular flexibility index (Phi) is 6.39. The number of nitrogens with one attached hydrogen (secondary N) is 1. The molecule has 3 aromatic carbocycles. The highest BCUT2D eigenvalue weighted by Crippen LogP contribution is 2.37. The molecule has 0 spiro atoms. The second-order valence-corrected chi connectivity index (χ2v) is 11.1. The molecular formula is C28H23ClN4O3S. The van der Waals surface area contributed by atoms with Crippen LogP contribution < -0.4 is 10.2 Å². The molecule has 2 heterocycles. The molecule has 2 aliphatic rings. The molecule has 0 unspecified atom stereocenters. The molecule has 0 aliphatic carbocycles. The lowest BCUT2D eigenvalue weighted by Gasteiger charge is -2.21. The van der Waals surface area contributed by atoms with E-state index >= 15 is 0 Å². The predicted octanol–water partition coefficient (Wildman–Crippen LogP) is 6.18. The molecule has 1 fully saturated rings. The van der Waals surface area contributed by atoms with Gasteiger partial charge >= 0.3 is 0 Å². The van der Waals surface area contributed by atoms with Gasteiger partial charge < -0.3 is 10.4 Å². The van der Waals surface area contributed by atoms with Gasteiger partial charge in [-0.1, -0.05) is 56.6 Å². The van der Waals surface area contributed by atoms with Crippen molar-refractivity contribution < 1.29 is 14.7 Å². The summed E-state index contributed by atoms with van der Waals surface area (Å²) >= 11 is 7.29. The molecule has 2 N–H and O–H groups in total. The third kappa shape index (κ3) is 5.03. The molecule has 1 saturated heterocycles. The van der Waals surface area contributed by atoms with Crippen LogP contribution in [0, 0.1) is 0 Å². The van der Waals surface area contributed by atoms with Crippen molar-refractivity contribution in [1.29, 1.82) is 0 Å². The summed E-state index contributed by atoms with van der Waals surface area (Å²) in [6, 6.07) is 19.3. The van der Waals surface area contributed by atoms with Gasteiger partial charge in [-0.3, -0.25) is 14.5 Å². The van der Waals surface area contributed by atoms with Crippen molar-refractivity contribution in [3.05, 3.63) is 93.3 Å². The van der Waals surface area contributed by atoms with Crippen molar-refractivity contribution in [3.63, 3.8) is 0 Å². The van der Waals surface area contributed by atoms with Gasteiger partial charge in [0.05, 0.1) is 16.3 Å². The molecule has 2 aliphatic heterocycles. The van der Waals surface area contributed by atoms with Crippen LogP contribution in [-0.4, -0.2) is 27.8 Å². The van der Waals surface area contributed by atoms with Crippen molar-refractivity contribution in [1.82, 2.24) is 0 Å². The Morgan fingerprint density at radius 3 is 2.35 bits per heavy atom. The van der Waals surface area contributed by atoms with E-state index in [4.69, 9.17) is 11.6 Å². The van der Waals surface area contributed by atoms with Crippen LogP contribution in [0.4, 0.5) is 11.4 Å². The molecule has 186 valence electrons. The first kappa shape index (κ1) is 24.8. The first-order valence-corrected chi connectivity index (χ1v) is 12.7. The van der Waals surface area contributed by atoms with Crippen molar-refractivity contribution in [2.24, 2.45) is 10.2 Å². The maximum Gasteiger partial charge on any atom is 0.276 e. The quantitative estimate of drug-likeness (QED) is 0.312. The fourth-order valence-electron chi connectivity index (χ4n) is 3.92. The van der Waals surface area contributed by atoms with E-state index < -0.39 is 5.91 Å². The molecule has 37 heavy (non-hydrogen) atoms. The predicted molar refractivity (Wildman–Crippen MR) is 150 cm³/mol. The molecule has 0 atom stereocenters. The molecular weight excluding hydrogens is 508 g/mol. The van der Waals surface area contributed by atoms with Crippen LogP contribution in [0.3, 0.4) is 0 Å². The number of fused-ring (bicyclic) bond motifs is 1. The lowest BCUT2D eigenvalue weighted by molar-refractivity contribution is -0.113. The third-order valence-corrected chi connectivity index (χ3v) is 7.12. The van der Waals surface area contributed by atoms with Crippen molar-refractivity contribution in [2.45, 2.75) is 26.2 Å². The normalized spacial score (nSPS) is 18.7. The zero-order valence-corrected chi connectivity index (χ0v) is 21.9. The van der Waals surface area contributed by atoms with Crippen LogP contribution in [0.15, 0.2) is 81.8 Å². The molecule has 9 heteroatoms. The SMILES string of the molecule is CC(C)(C)c1ccc(N2C(=O)C(=Cc3ccc(O)cc3)SC2=NN=C2C(=O)Nc3ccc(Cl)cc32)cc1. The van der Waals surface area contributed by atoms with Crippen LogP contribution in [0.1, 0.15) is 37.5 Å². The molecule has 3 aromatic rings. The Hall–Kier alpha value is -3.88. The lowest BCUT2D eigenvalue weighted by atomic mass is 9.87. The van der Waals surface area contributed by atoms with E-state index in [2.05, 4.69) is 36.3 Å². The lowest BCUT2D eigenvalue weighted by Crippen LogP contribution is -2.29. The second kappa shape index (κ2) is 9.53. The minimum Gasteiger partial charge on any atom is -0.508 e. The molecule has 0 saturated carbocycles. The minimum absolute atomic E-state index is 0.0420. The number of anilines is 2. The van der Waals surface area contributed by atoms with E-state index in [9.17, 15) is 14.7 Å². The molecule has 0 bridgehead atoms. The monoisotopic (exact) mass is 530 g/mol. The van der Waals surface area contributed by atoms with Crippen molar-refractivity contribution in [3.8, 4) is 5.75 Å². The number of phenolic OH excluding ortho intramolecular Hbond substituents is 1. The maximum atomic E-state index is 13.5. The molecule has 2 amide bonds. The molecule has 7 nitrogen and oxygen atoms in total. The van der Waals surface area contributed by atoms with Crippen LogP contribution in [0.2, 0.25) is 5.02 Å². The van der Waals surface area contributed by atoms with Crippen LogP contribution in [0.25, 0.3) is 6.08 Å². The van der Waals surface area contributed by atoms with Crippen LogP contribution in [0.5, 0.6) is 5.75 Å². The highest BCUT2D eigenvalue weighted by atomic mass is 35.5. The highest BCUT2D eigenvalue weighted by molar-refractivity contribution is 8.19. The number of hydrogen-bond acceptors (Lipinski definition) is 6. The van der Waals surface area contributed by atoms with E-state index in [1.807, 2.05) is 24.3 Å². The fourth-order valence-corrected chi connectivity index (χ4v) is 5.02. The van der Waals surface area contributed by atoms with E-state index in [-0.39, 0.29) is 22.8 Å². The number of carbonyl (C=O) groups excluding carboxylic acids is 2. The number of halogens is 1. The molecule has 5 rings (SSSR count). The van der Waals surface area contributed by atoms with Gasteiger partial charge in [-0.05, 0) is 76.8 Å². The Balaban J connectivity index is 1.57. The van der Waals surface area contributed by atoms with Gasteiger partial charge in [0.25, 0.3) is 11.8 Å². The van der Waals surface area contributed by atoms with Crippen LogP contribution >= 0.6 is 23.4 Å². The summed E-state index contributed by atoms with van der Waals surface area (Å²) in [6.07, 6.45) is 1.73.